The standard InChI is InChI=1S/C19H10F7NO4S2/c20-14-7-5-11(6-8-14)13-9-12-3-1-2-4-15(12)16(10-13)27-32(28,29)18(23,24)17(21,22)19(25,26)33(27,30)31/h1-10H. The molecular weight excluding hydrogens is 503 g/mol. The summed E-state index contributed by atoms with van der Waals surface area (Å²) in [5.74, 6) is -7.43. The fourth-order valence-electron chi connectivity index (χ4n) is 3.34. The van der Waals surface area contributed by atoms with Crippen molar-refractivity contribution >= 4 is 36.5 Å². The third kappa shape index (κ3) is 2.89. The number of halogens is 7. The minimum Gasteiger partial charge on any atom is -0.207 e. The molecule has 0 atom stereocenters. The van der Waals surface area contributed by atoms with Crippen molar-refractivity contribution in [1.29, 1.82) is 0 Å². The molecule has 1 fully saturated rings. The molecule has 0 saturated carbocycles. The summed E-state index contributed by atoms with van der Waals surface area (Å²) in [6, 6.07) is 11.2. The maximum absolute atomic E-state index is 14.2. The summed E-state index contributed by atoms with van der Waals surface area (Å²) in [5.41, 5.74) is -1.18. The van der Waals surface area contributed by atoms with Crippen LogP contribution >= 0.6 is 0 Å². The molecule has 0 radical (unpaired) electrons. The van der Waals surface area contributed by atoms with Crippen LogP contribution in [0.3, 0.4) is 0 Å². The molecular formula is C19H10F7NO4S2. The van der Waals surface area contributed by atoms with Gasteiger partial charge in [-0.3, -0.25) is 0 Å². The molecule has 4 rings (SSSR count). The van der Waals surface area contributed by atoms with Crippen molar-refractivity contribution in [3.63, 3.8) is 0 Å². The summed E-state index contributed by atoms with van der Waals surface area (Å²) in [7, 11) is -13.8. The molecule has 0 unspecified atom stereocenters. The quantitative estimate of drug-likeness (QED) is 0.455. The predicted molar refractivity (Wildman–Crippen MR) is 105 cm³/mol. The zero-order valence-electron chi connectivity index (χ0n) is 15.8. The van der Waals surface area contributed by atoms with Gasteiger partial charge in [-0.05, 0) is 40.8 Å². The second-order valence-corrected chi connectivity index (χ2v) is 10.9. The van der Waals surface area contributed by atoms with E-state index in [1.807, 2.05) is 0 Å². The van der Waals surface area contributed by atoms with Crippen LogP contribution in [-0.4, -0.2) is 33.3 Å². The van der Waals surface area contributed by atoms with Gasteiger partial charge < -0.3 is 0 Å². The number of sulfonamides is 2. The van der Waals surface area contributed by atoms with Crippen molar-refractivity contribution in [3.05, 3.63) is 66.5 Å². The summed E-state index contributed by atoms with van der Waals surface area (Å²) >= 11 is 0. The highest BCUT2D eigenvalue weighted by molar-refractivity contribution is 8.12. The zero-order chi connectivity index (χ0) is 24.6. The van der Waals surface area contributed by atoms with Crippen molar-refractivity contribution in [2.24, 2.45) is 0 Å². The van der Waals surface area contributed by atoms with Crippen molar-refractivity contribution in [2.75, 3.05) is 3.71 Å². The number of benzene rings is 3. The Hall–Kier alpha value is -2.87. The largest absolute Gasteiger partial charge is 0.434 e. The third-order valence-electron chi connectivity index (χ3n) is 5.03. The first-order valence-corrected chi connectivity index (χ1v) is 11.7. The van der Waals surface area contributed by atoms with E-state index < -0.39 is 57.1 Å². The fourth-order valence-corrected chi connectivity index (χ4v) is 7.14. The summed E-state index contributed by atoms with van der Waals surface area (Å²) in [4.78, 5) is 0. The number of alkyl halides is 6. The van der Waals surface area contributed by atoms with Crippen LogP contribution in [0.5, 0.6) is 0 Å². The van der Waals surface area contributed by atoms with Gasteiger partial charge in [-0.25, -0.2) is 4.39 Å². The van der Waals surface area contributed by atoms with Gasteiger partial charge in [0, 0.05) is 5.39 Å². The lowest BCUT2D eigenvalue weighted by Crippen LogP contribution is -2.72. The van der Waals surface area contributed by atoms with E-state index in [2.05, 4.69) is 0 Å². The normalized spacial score (nSPS) is 22.2. The van der Waals surface area contributed by atoms with Crippen LogP contribution in [0.1, 0.15) is 0 Å². The maximum atomic E-state index is 14.2. The Balaban J connectivity index is 2.12. The van der Waals surface area contributed by atoms with Gasteiger partial charge in [0.25, 0.3) is 0 Å². The highest BCUT2D eigenvalue weighted by Gasteiger charge is 2.88. The zero-order valence-corrected chi connectivity index (χ0v) is 17.4. The Kier molecular flexibility index (Phi) is 4.82. The summed E-state index contributed by atoms with van der Waals surface area (Å²) in [5, 5.41) is -13.3. The summed E-state index contributed by atoms with van der Waals surface area (Å²) < 4.78 is 146. The molecule has 1 aliphatic heterocycles. The highest BCUT2D eigenvalue weighted by Crippen LogP contribution is 2.58. The number of fused-ring (bicyclic) bond motifs is 1. The number of hydrogen-bond donors (Lipinski definition) is 0. The summed E-state index contributed by atoms with van der Waals surface area (Å²) in [6.07, 6.45) is 0. The molecule has 0 N–H and O–H groups in total. The van der Waals surface area contributed by atoms with E-state index >= 15 is 0 Å². The van der Waals surface area contributed by atoms with E-state index in [1.54, 1.807) is 0 Å². The van der Waals surface area contributed by atoms with Crippen LogP contribution in [0.2, 0.25) is 0 Å². The van der Waals surface area contributed by atoms with Gasteiger partial charge in [-0.1, -0.05) is 36.4 Å². The lowest BCUT2D eigenvalue weighted by atomic mass is 10.00. The maximum Gasteiger partial charge on any atom is 0.434 e. The molecule has 1 saturated heterocycles. The van der Waals surface area contributed by atoms with Crippen LogP contribution in [0.4, 0.5) is 36.4 Å². The molecule has 0 aliphatic carbocycles. The van der Waals surface area contributed by atoms with Gasteiger partial charge in [0.2, 0.25) is 0 Å². The van der Waals surface area contributed by atoms with Crippen molar-refractivity contribution < 1.29 is 47.6 Å². The van der Waals surface area contributed by atoms with Gasteiger partial charge in [0.1, 0.15) is 5.82 Å². The first-order valence-electron chi connectivity index (χ1n) is 8.79. The average Bonchev–Trinajstić information content (AvgIpc) is 2.72. The predicted octanol–water partition coefficient (Wildman–Crippen LogP) is 4.95. The van der Waals surface area contributed by atoms with E-state index in [4.69, 9.17) is 0 Å². The second kappa shape index (κ2) is 6.82. The second-order valence-electron chi connectivity index (χ2n) is 7.04. The third-order valence-corrected chi connectivity index (χ3v) is 9.28. The molecule has 1 heterocycles. The summed E-state index contributed by atoms with van der Waals surface area (Å²) in [6.45, 7) is 0. The van der Waals surface area contributed by atoms with Crippen molar-refractivity contribution in [2.45, 2.75) is 16.4 Å². The Morgan fingerprint density at radius 1 is 0.667 bits per heavy atom. The first-order chi connectivity index (χ1) is 15.1. The Bertz CT molecular complexity index is 1440. The molecule has 3 aromatic rings. The topological polar surface area (TPSA) is 71.5 Å². The van der Waals surface area contributed by atoms with E-state index in [9.17, 15) is 47.6 Å². The average molecular weight is 513 g/mol. The van der Waals surface area contributed by atoms with Crippen molar-refractivity contribution in [1.82, 2.24) is 0 Å². The Morgan fingerprint density at radius 2 is 1.18 bits per heavy atom. The van der Waals surface area contributed by atoms with Gasteiger partial charge in [0.15, 0.2) is 0 Å². The van der Waals surface area contributed by atoms with Gasteiger partial charge in [-0.2, -0.15) is 46.9 Å². The van der Waals surface area contributed by atoms with Crippen LogP contribution < -0.4 is 3.71 Å². The molecule has 0 aromatic heterocycles. The monoisotopic (exact) mass is 513 g/mol. The van der Waals surface area contributed by atoms with Gasteiger partial charge in [-0.15, -0.1) is 0 Å². The highest BCUT2D eigenvalue weighted by atomic mass is 32.3. The molecule has 14 heteroatoms. The Morgan fingerprint density at radius 3 is 1.73 bits per heavy atom. The molecule has 0 spiro atoms. The molecule has 5 nitrogen and oxygen atoms in total. The number of nitrogens with zero attached hydrogens (tertiary/aromatic N) is 1. The van der Waals surface area contributed by atoms with E-state index in [-0.39, 0.29) is 16.5 Å². The number of hydrogen-bond acceptors (Lipinski definition) is 4. The Labute approximate surface area is 182 Å². The molecule has 0 bridgehead atoms. The molecule has 3 aromatic carbocycles. The number of rotatable bonds is 2. The van der Waals surface area contributed by atoms with E-state index in [0.717, 1.165) is 18.2 Å². The molecule has 0 amide bonds. The fraction of sp³-hybridized carbons (Fsp3) is 0.158. The van der Waals surface area contributed by atoms with Crippen LogP contribution in [0.15, 0.2) is 60.7 Å². The van der Waals surface area contributed by atoms with Crippen LogP contribution in [0.25, 0.3) is 21.9 Å². The van der Waals surface area contributed by atoms with Gasteiger partial charge >= 0.3 is 36.5 Å². The molecule has 33 heavy (non-hydrogen) atoms. The van der Waals surface area contributed by atoms with Gasteiger partial charge in [0.05, 0.1) is 5.69 Å². The number of anilines is 1. The lowest BCUT2D eigenvalue weighted by molar-refractivity contribution is -0.245. The SMILES string of the molecule is O=S1(=O)N(c2cc(-c3ccc(F)cc3)cc3ccccc23)S(=O)(=O)C(F)(F)C(F)(F)C1(F)F. The molecule has 176 valence electrons. The molecule has 1 aliphatic rings. The lowest BCUT2D eigenvalue weighted by Gasteiger charge is -2.41. The van der Waals surface area contributed by atoms with Crippen LogP contribution in [0, 0.1) is 5.82 Å². The first kappa shape index (κ1) is 23.3. The van der Waals surface area contributed by atoms with E-state index in [1.165, 1.54) is 36.4 Å². The van der Waals surface area contributed by atoms with Crippen LogP contribution in [-0.2, 0) is 20.0 Å². The minimum atomic E-state index is -6.92. The van der Waals surface area contributed by atoms with Crippen molar-refractivity contribution in [3.8, 4) is 11.1 Å². The smallest absolute Gasteiger partial charge is 0.207 e. The minimum absolute atomic E-state index is 0.00342. The van der Waals surface area contributed by atoms with E-state index in [0.29, 0.717) is 6.07 Å².